The lowest BCUT2D eigenvalue weighted by Gasteiger charge is -2.25. The summed E-state index contributed by atoms with van der Waals surface area (Å²) in [5, 5.41) is 13.4. The molecule has 1 heterocycles. The standard InChI is InChI=1S/C11H16N2O3/c1-4-9-7-10(5-6-13(14)15)11(16-3)12-8(9)2/h5-7,11-12H,4H2,1-3H3/b6-5+. The molecule has 88 valence electrons. The summed E-state index contributed by atoms with van der Waals surface area (Å²) >= 11 is 0. The molecular weight excluding hydrogens is 208 g/mol. The van der Waals surface area contributed by atoms with E-state index < -0.39 is 4.92 Å². The van der Waals surface area contributed by atoms with Gasteiger partial charge in [-0.3, -0.25) is 10.1 Å². The lowest BCUT2D eigenvalue weighted by Crippen LogP contribution is -2.34. The fraction of sp³-hybridized carbons (Fsp3) is 0.455. The molecule has 0 fully saturated rings. The molecule has 0 bridgehead atoms. The zero-order valence-corrected chi connectivity index (χ0v) is 9.69. The van der Waals surface area contributed by atoms with Crippen LogP contribution in [0.5, 0.6) is 0 Å². The molecule has 0 saturated carbocycles. The van der Waals surface area contributed by atoms with E-state index in [1.165, 1.54) is 6.08 Å². The molecule has 1 N–H and O–H groups in total. The largest absolute Gasteiger partial charge is 0.360 e. The van der Waals surface area contributed by atoms with Gasteiger partial charge in [0.25, 0.3) is 0 Å². The van der Waals surface area contributed by atoms with Gasteiger partial charge in [0.15, 0.2) is 6.23 Å². The van der Waals surface area contributed by atoms with Gasteiger partial charge < -0.3 is 10.1 Å². The Balaban J connectivity index is 2.96. The van der Waals surface area contributed by atoms with Crippen LogP contribution in [0.4, 0.5) is 0 Å². The van der Waals surface area contributed by atoms with E-state index >= 15 is 0 Å². The van der Waals surface area contributed by atoms with Crippen LogP contribution < -0.4 is 5.32 Å². The number of hydrogen-bond acceptors (Lipinski definition) is 4. The second kappa shape index (κ2) is 5.46. The Labute approximate surface area is 94.6 Å². The van der Waals surface area contributed by atoms with Gasteiger partial charge in [-0.2, -0.15) is 0 Å². The summed E-state index contributed by atoms with van der Waals surface area (Å²) in [5.74, 6) is 0. The third-order valence-corrected chi connectivity index (χ3v) is 2.48. The summed E-state index contributed by atoms with van der Waals surface area (Å²) in [6.45, 7) is 4.01. The summed E-state index contributed by atoms with van der Waals surface area (Å²) in [5.41, 5.74) is 2.95. The molecule has 1 atom stereocenters. The van der Waals surface area contributed by atoms with E-state index in [-0.39, 0.29) is 6.23 Å². The van der Waals surface area contributed by atoms with Crippen molar-refractivity contribution in [3.8, 4) is 0 Å². The number of rotatable bonds is 4. The predicted molar refractivity (Wildman–Crippen MR) is 61.1 cm³/mol. The van der Waals surface area contributed by atoms with Crippen molar-refractivity contribution < 1.29 is 9.66 Å². The second-order valence-corrected chi connectivity index (χ2v) is 3.51. The van der Waals surface area contributed by atoms with Crippen molar-refractivity contribution in [1.82, 2.24) is 5.32 Å². The Kier molecular flexibility index (Phi) is 4.25. The Bertz CT molecular complexity index is 369. The molecule has 5 heteroatoms. The highest BCUT2D eigenvalue weighted by atomic mass is 16.6. The predicted octanol–water partition coefficient (Wildman–Crippen LogP) is 1.96. The van der Waals surface area contributed by atoms with Crippen LogP contribution in [0, 0.1) is 10.1 Å². The van der Waals surface area contributed by atoms with Gasteiger partial charge in [-0.1, -0.05) is 6.92 Å². The van der Waals surface area contributed by atoms with Gasteiger partial charge >= 0.3 is 0 Å². The van der Waals surface area contributed by atoms with Crippen LogP contribution in [-0.4, -0.2) is 18.3 Å². The van der Waals surface area contributed by atoms with Crippen molar-refractivity contribution in [1.29, 1.82) is 0 Å². The first-order valence-corrected chi connectivity index (χ1v) is 5.10. The van der Waals surface area contributed by atoms with Crippen molar-refractivity contribution in [3.63, 3.8) is 0 Å². The van der Waals surface area contributed by atoms with E-state index in [4.69, 9.17) is 4.74 Å². The van der Waals surface area contributed by atoms with Crippen LogP contribution in [-0.2, 0) is 4.74 Å². The van der Waals surface area contributed by atoms with Crippen molar-refractivity contribution in [3.05, 3.63) is 45.3 Å². The number of dihydropyridines is 1. The molecule has 0 aliphatic carbocycles. The molecule has 1 unspecified atom stereocenters. The van der Waals surface area contributed by atoms with Crippen LogP contribution in [0.15, 0.2) is 35.2 Å². The van der Waals surface area contributed by atoms with Crippen LogP contribution in [0.2, 0.25) is 0 Å². The highest BCUT2D eigenvalue weighted by Gasteiger charge is 2.18. The minimum absolute atomic E-state index is 0.313. The van der Waals surface area contributed by atoms with E-state index in [2.05, 4.69) is 5.32 Å². The molecule has 0 saturated heterocycles. The maximum atomic E-state index is 10.3. The molecule has 0 aromatic rings. The van der Waals surface area contributed by atoms with Gasteiger partial charge in [0.2, 0.25) is 6.20 Å². The molecule has 0 aromatic heterocycles. The van der Waals surface area contributed by atoms with E-state index in [1.54, 1.807) is 7.11 Å². The number of allylic oxidation sites excluding steroid dienone is 3. The molecular formula is C11H16N2O3. The Morgan fingerprint density at radius 1 is 1.69 bits per heavy atom. The lowest BCUT2D eigenvalue weighted by atomic mass is 10.0. The van der Waals surface area contributed by atoms with Crippen molar-refractivity contribution in [2.75, 3.05) is 7.11 Å². The Morgan fingerprint density at radius 2 is 2.38 bits per heavy atom. The lowest BCUT2D eigenvalue weighted by molar-refractivity contribution is -0.402. The summed E-state index contributed by atoms with van der Waals surface area (Å²) in [7, 11) is 1.57. The molecule has 1 aliphatic rings. The van der Waals surface area contributed by atoms with Gasteiger partial charge in [0, 0.05) is 24.5 Å². The zero-order valence-electron chi connectivity index (χ0n) is 9.69. The highest BCUT2D eigenvalue weighted by Crippen LogP contribution is 2.20. The van der Waals surface area contributed by atoms with Crippen molar-refractivity contribution >= 4 is 0 Å². The third-order valence-electron chi connectivity index (χ3n) is 2.48. The molecule has 1 aliphatic heterocycles. The van der Waals surface area contributed by atoms with E-state index in [1.807, 2.05) is 19.9 Å². The minimum atomic E-state index is -0.482. The van der Waals surface area contributed by atoms with Crippen LogP contribution in [0.3, 0.4) is 0 Å². The molecule has 0 spiro atoms. The minimum Gasteiger partial charge on any atom is -0.360 e. The van der Waals surface area contributed by atoms with Crippen LogP contribution in [0.25, 0.3) is 0 Å². The van der Waals surface area contributed by atoms with Crippen LogP contribution >= 0.6 is 0 Å². The highest BCUT2D eigenvalue weighted by molar-refractivity contribution is 5.38. The SMILES string of the molecule is CCC1=C(C)NC(OC)C(/C=C/[N+](=O)[O-])=C1. The molecule has 1 rings (SSSR count). The van der Waals surface area contributed by atoms with Gasteiger partial charge in [0.1, 0.15) is 0 Å². The Morgan fingerprint density at radius 3 is 2.88 bits per heavy atom. The monoisotopic (exact) mass is 224 g/mol. The number of methoxy groups -OCH3 is 1. The number of ether oxygens (including phenoxy) is 1. The maximum absolute atomic E-state index is 10.3. The first-order chi connectivity index (χ1) is 7.58. The average molecular weight is 224 g/mol. The van der Waals surface area contributed by atoms with Crippen molar-refractivity contribution in [2.24, 2.45) is 0 Å². The second-order valence-electron chi connectivity index (χ2n) is 3.51. The summed E-state index contributed by atoms with van der Waals surface area (Å²) < 4.78 is 5.21. The average Bonchev–Trinajstić information content (AvgIpc) is 2.26. The summed E-state index contributed by atoms with van der Waals surface area (Å²) in [4.78, 5) is 9.79. The number of nitrogens with one attached hydrogen (secondary N) is 1. The molecule has 0 aromatic carbocycles. The molecule has 0 radical (unpaired) electrons. The van der Waals surface area contributed by atoms with E-state index in [0.717, 1.165) is 29.5 Å². The fourth-order valence-corrected chi connectivity index (χ4v) is 1.60. The van der Waals surface area contributed by atoms with Crippen LogP contribution in [0.1, 0.15) is 20.3 Å². The molecule has 5 nitrogen and oxygen atoms in total. The quantitative estimate of drug-likeness (QED) is 0.585. The van der Waals surface area contributed by atoms with Crippen molar-refractivity contribution in [2.45, 2.75) is 26.5 Å². The van der Waals surface area contributed by atoms with Gasteiger partial charge in [-0.15, -0.1) is 0 Å². The normalized spacial score (nSPS) is 20.9. The number of nitrogens with zero attached hydrogens (tertiary/aromatic N) is 1. The third kappa shape index (κ3) is 2.93. The smallest absolute Gasteiger partial charge is 0.234 e. The summed E-state index contributed by atoms with van der Waals surface area (Å²) in [6, 6.07) is 0. The zero-order chi connectivity index (χ0) is 12.1. The number of nitro groups is 1. The van der Waals surface area contributed by atoms with Gasteiger partial charge in [0.05, 0.1) is 4.92 Å². The van der Waals surface area contributed by atoms with Gasteiger partial charge in [-0.25, -0.2) is 0 Å². The first-order valence-electron chi connectivity index (χ1n) is 5.10. The fourth-order valence-electron chi connectivity index (χ4n) is 1.60. The molecule has 0 amide bonds. The summed E-state index contributed by atoms with van der Waals surface area (Å²) in [6.07, 6.45) is 4.88. The van der Waals surface area contributed by atoms with E-state index in [9.17, 15) is 10.1 Å². The Hall–Kier alpha value is -1.62. The first kappa shape index (κ1) is 12.4. The molecule has 16 heavy (non-hydrogen) atoms. The van der Waals surface area contributed by atoms with Gasteiger partial charge in [-0.05, 0) is 25.0 Å². The van der Waals surface area contributed by atoms with E-state index in [0.29, 0.717) is 0 Å². The topological polar surface area (TPSA) is 64.4 Å². The maximum Gasteiger partial charge on any atom is 0.234 e. The number of hydrogen-bond donors (Lipinski definition) is 1.